The first kappa shape index (κ1) is 25.7. The number of halogens is 1. The lowest BCUT2D eigenvalue weighted by molar-refractivity contribution is -0.140. The first-order chi connectivity index (χ1) is 17.4. The van der Waals surface area contributed by atoms with Gasteiger partial charge in [0.25, 0.3) is 11.7 Å². The van der Waals surface area contributed by atoms with Gasteiger partial charge in [0.05, 0.1) is 38.5 Å². The van der Waals surface area contributed by atoms with Gasteiger partial charge in [-0.15, -0.1) is 0 Å². The Morgan fingerprint density at radius 1 is 1.11 bits per heavy atom. The lowest BCUT2D eigenvalue weighted by Crippen LogP contribution is -2.38. The molecule has 0 aromatic heterocycles. The molecule has 2 heterocycles. The summed E-state index contributed by atoms with van der Waals surface area (Å²) >= 11 is 0. The quantitative estimate of drug-likeness (QED) is 0.322. The van der Waals surface area contributed by atoms with Crippen molar-refractivity contribution in [1.82, 2.24) is 9.80 Å². The fourth-order valence-corrected chi connectivity index (χ4v) is 4.63. The number of carbonyl (C=O) groups is 2. The average molecular weight is 499 g/mol. The predicted molar refractivity (Wildman–Crippen MR) is 131 cm³/mol. The van der Waals surface area contributed by atoms with Gasteiger partial charge in [-0.05, 0) is 49.2 Å². The Hall–Kier alpha value is -3.43. The first-order valence-corrected chi connectivity index (χ1v) is 12.1. The molecule has 1 N–H and O–H groups in total. The molecular weight excluding hydrogens is 467 g/mol. The van der Waals surface area contributed by atoms with E-state index in [2.05, 4.69) is 4.90 Å². The van der Waals surface area contributed by atoms with Crippen molar-refractivity contribution >= 4 is 17.4 Å². The molecule has 0 spiro atoms. The van der Waals surface area contributed by atoms with Crippen molar-refractivity contribution in [2.45, 2.75) is 19.4 Å². The summed E-state index contributed by atoms with van der Waals surface area (Å²) in [4.78, 5) is 30.1. The molecule has 2 aliphatic heterocycles. The minimum Gasteiger partial charge on any atom is -0.507 e. The van der Waals surface area contributed by atoms with E-state index in [1.165, 1.54) is 24.1 Å². The summed E-state index contributed by atoms with van der Waals surface area (Å²) in [5.41, 5.74) is 0.676. The largest absolute Gasteiger partial charge is 0.507 e. The molecule has 1 amide bonds. The van der Waals surface area contributed by atoms with E-state index in [1.807, 2.05) is 6.92 Å². The van der Waals surface area contributed by atoms with E-state index in [4.69, 9.17) is 14.2 Å². The Morgan fingerprint density at radius 2 is 1.83 bits per heavy atom. The molecule has 2 aromatic rings. The monoisotopic (exact) mass is 498 g/mol. The van der Waals surface area contributed by atoms with E-state index in [0.29, 0.717) is 44.1 Å². The van der Waals surface area contributed by atoms with Crippen molar-refractivity contribution in [1.29, 1.82) is 0 Å². The second-order valence-electron chi connectivity index (χ2n) is 8.65. The van der Waals surface area contributed by atoms with Crippen LogP contribution in [0, 0.1) is 5.82 Å². The van der Waals surface area contributed by atoms with Gasteiger partial charge >= 0.3 is 0 Å². The molecule has 36 heavy (non-hydrogen) atoms. The van der Waals surface area contributed by atoms with E-state index < -0.39 is 29.3 Å². The number of ether oxygens (including phenoxy) is 3. The smallest absolute Gasteiger partial charge is 0.295 e. The van der Waals surface area contributed by atoms with Crippen LogP contribution in [0.3, 0.4) is 0 Å². The van der Waals surface area contributed by atoms with Crippen LogP contribution in [0.5, 0.6) is 11.5 Å². The normalized spacial score (nSPS) is 20.1. The van der Waals surface area contributed by atoms with Crippen molar-refractivity contribution in [2.75, 3.05) is 53.1 Å². The SMILES string of the molecule is CCOc1ccc(C2C(=C(O)c3ccc(OC)c(F)c3)C(=O)C(=O)N2CCCN2CCOCC2)cc1. The maximum absolute atomic E-state index is 14.4. The third-order valence-corrected chi connectivity index (χ3v) is 6.45. The molecule has 2 aromatic carbocycles. The summed E-state index contributed by atoms with van der Waals surface area (Å²) in [7, 11) is 1.34. The lowest BCUT2D eigenvalue weighted by atomic mass is 9.95. The Kier molecular flexibility index (Phi) is 8.22. The summed E-state index contributed by atoms with van der Waals surface area (Å²) in [5, 5.41) is 11.1. The van der Waals surface area contributed by atoms with Crippen LogP contribution in [0.15, 0.2) is 48.0 Å². The van der Waals surface area contributed by atoms with Gasteiger partial charge in [0.15, 0.2) is 11.6 Å². The molecule has 2 aliphatic rings. The predicted octanol–water partition coefficient (Wildman–Crippen LogP) is 3.38. The Balaban J connectivity index is 1.68. The molecule has 2 fully saturated rings. The maximum atomic E-state index is 14.4. The number of hydrogen-bond donors (Lipinski definition) is 1. The number of hydrogen-bond acceptors (Lipinski definition) is 7. The average Bonchev–Trinajstić information content (AvgIpc) is 3.14. The van der Waals surface area contributed by atoms with Crippen molar-refractivity contribution in [2.24, 2.45) is 0 Å². The molecular formula is C27H31FN2O6. The summed E-state index contributed by atoms with van der Waals surface area (Å²) in [6.45, 7) is 6.46. The number of likely N-dealkylation sites (tertiary alicyclic amines) is 1. The van der Waals surface area contributed by atoms with E-state index in [0.717, 1.165) is 25.7 Å². The molecule has 1 atom stereocenters. The number of amides is 1. The van der Waals surface area contributed by atoms with Crippen LogP contribution in [-0.4, -0.2) is 79.7 Å². The number of aliphatic hydroxyl groups is 1. The van der Waals surface area contributed by atoms with E-state index >= 15 is 0 Å². The molecule has 0 saturated carbocycles. The second-order valence-corrected chi connectivity index (χ2v) is 8.65. The zero-order valence-electron chi connectivity index (χ0n) is 20.5. The van der Waals surface area contributed by atoms with E-state index in [9.17, 15) is 19.1 Å². The first-order valence-electron chi connectivity index (χ1n) is 12.1. The Labute approximate surface area is 209 Å². The Morgan fingerprint density at radius 3 is 2.47 bits per heavy atom. The van der Waals surface area contributed by atoms with Crippen molar-refractivity contribution in [3.05, 3.63) is 65.0 Å². The lowest BCUT2D eigenvalue weighted by Gasteiger charge is -2.29. The van der Waals surface area contributed by atoms with Crippen LogP contribution in [0.2, 0.25) is 0 Å². The minimum atomic E-state index is -0.810. The highest BCUT2D eigenvalue weighted by Gasteiger charge is 2.45. The summed E-state index contributed by atoms with van der Waals surface area (Å²) in [6, 6.07) is 10.2. The number of rotatable bonds is 9. The highest BCUT2D eigenvalue weighted by atomic mass is 19.1. The van der Waals surface area contributed by atoms with Gasteiger partial charge in [-0.1, -0.05) is 12.1 Å². The van der Waals surface area contributed by atoms with Crippen molar-refractivity contribution in [3.63, 3.8) is 0 Å². The van der Waals surface area contributed by atoms with Gasteiger partial charge in [-0.25, -0.2) is 4.39 Å². The third kappa shape index (κ3) is 5.37. The minimum absolute atomic E-state index is 0.0122. The number of methoxy groups -OCH3 is 1. The van der Waals surface area contributed by atoms with Crippen LogP contribution >= 0.6 is 0 Å². The highest BCUT2D eigenvalue weighted by Crippen LogP contribution is 2.40. The molecule has 2 saturated heterocycles. The van der Waals surface area contributed by atoms with Crippen molar-refractivity contribution in [3.8, 4) is 11.5 Å². The third-order valence-electron chi connectivity index (χ3n) is 6.45. The Bertz CT molecular complexity index is 1130. The van der Waals surface area contributed by atoms with Gasteiger partial charge in [0, 0.05) is 31.7 Å². The molecule has 0 radical (unpaired) electrons. The molecule has 0 bridgehead atoms. The number of aliphatic hydroxyl groups excluding tert-OH is 1. The van der Waals surface area contributed by atoms with Gasteiger partial charge in [0.1, 0.15) is 11.5 Å². The van der Waals surface area contributed by atoms with Crippen LogP contribution in [0.4, 0.5) is 4.39 Å². The number of carbonyl (C=O) groups excluding carboxylic acids is 2. The van der Waals surface area contributed by atoms with Crippen LogP contribution in [0.1, 0.15) is 30.5 Å². The molecule has 8 nitrogen and oxygen atoms in total. The number of nitrogens with zero attached hydrogens (tertiary/aromatic N) is 2. The number of morpholine rings is 1. The molecule has 1 unspecified atom stereocenters. The molecule has 0 aliphatic carbocycles. The molecule has 9 heteroatoms. The fraction of sp³-hybridized carbons (Fsp3) is 0.407. The number of benzene rings is 2. The van der Waals surface area contributed by atoms with Crippen LogP contribution in [-0.2, 0) is 14.3 Å². The summed E-state index contributed by atoms with van der Waals surface area (Å²) in [6.07, 6.45) is 0.651. The van der Waals surface area contributed by atoms with Crippen molar-refractivity contribution < 1.29 is 33.3 Å². The topological polar surface area (TPSA) is 88.5 Å². The van der Waals surface area contributed by atoms with E-state index in [-0.39, 0.29) is 16.9 Å². The number of ketones is 1. The zero-order valence-corrected chi connectivity index (χ0v) is 20.5. The maximum Gasteiger partial charge on any atom is 0.295 e. The standard InChI is InChI=1S/C27H31FN2O6/c1-3-36-20-8-5-18(6-9-20)24-23(25(31)19-7-10-22(34-2)21(28)17-19)26(32)27(33)30(24)12-4-11-29-13-15-35-16-14-29/h5-10,17,24,31H,3-4,11-16H2,1-2H3. The second kappa shape index (κ2) is 11.5. The molecule has 4 rings (SSSR count). The fourth-order valence-electron chi connectivity index (χ4n) is 4.63. The van der Waals surface area contributed by atoms with Gasteiger partial charge < -0.3 is 24.2 Å². The zero-order chi connectivity index (χ0) is 25.7. The van der Waals surface area contributed by atoms with Gasteiger partial charge in [-0.2, -0.15) is 0 Å². The van der Waals surface area contributed by atoms with Gasteiger partial charge in [0.2, 0.25) is 0 Å². The van der Waals surface area contributed by atoms with Gasteiger partial charge in [-0.3, -0.25) is 14.5 Å². The molecule has 192 valence electrons. The number of Topliss-reactive ketones (excluding diaryl/α,β-unsaturated/α-hetero) is 1. The summed E-state index contributed by atoms with van der Waals surface area (Å²) < 4.78 is 30.2. The van der Waals surface area contributed by atoms with Crippen LogP contribution in [0.25, 0.3) is 5.76 Å². The van der Waals surface area contributed by atoms with Crippen LogP contribution < -0.4 is 9.47 Å². The van der Waals surface area contributed by atoms with E-state index in [1.54, 1.807) is 24.3 Å². The highest BCUT2D eigenvalue weighted by molar-refractivity contribution is 6.46. The summed E-state index contributed by atoms with van der Waals surface area (Å²) in [5.74, 6) is -1.93.